The molecule has 0 bridgehead atoms. The average molecular weight is 326 g/mol. The third-order valence-electron chi connectivity index (χ3n) is 4.92. The van der Waals surface area contributed by atoms with Gasteiger partial charge in [0.15, 0.2) is 0 Å². The van der Waals surface area contributed by atoms with Crippen LogP contribution in [0, 0.1) is 6.92 Å². The summed E-state index contributed by atoms with van der Waals surface area (Å²) in [5.74, 6) is 1.61. The molecule has 0 radical (unpaired) electrons. The first-order chi connectivity index (χ1) is 11.7. The molecule has 1 aliphatic rings. The normalized spacial score (nSPS) is 16.2. The van der Waals surface area contributed by atoms with Crippen LogP contribution in [-0.2, 0) is 6.54 Å². The van der Waals surface area contributed by atoms with Crippen molar-refractivity contribution < 1.29 is 9.84 Å². The van der Waals surface area contributed by atoms with E-state index < -0.39 is 0 Å². The maximum atomic E-state index is 9.35. The predicted molar refractivity (Wildman–Crippen MR) is 95.2 cm³/mol. The molecule has 1 aromatic heterocycles. The molecule has 0 amide bonds. The summed E-state index contributed by atoms with van der Waals surface area (Å²) in [5.41, 5.74) is 2.48. The van der Waals surface area contributed by atoms with E-state index in [0.29, 0.717) is 0 Å². The van der Waals surface area contributed by atoms with E-state index in [1.807, 2.05) is 18.2 Å². The highest BCUT2D eigenvalue weighted by Crippen LogP contribution is 2.33. The van der Waals surface area contributed by atoms with Gasteiger partial charge in [-0.25, -0.2) is 0 Å². The molecular formula is C20H26N2O2. The molecule has 2 N–H and O–H groups in total. The molecule has 1 aliphatic carbocycles. The second-order valence-electron chi connectivity index (χ2n) is 6.71. The van der Waals surface area contributed by atoms with Gasteiger partial charge < -0.3 is 15.2 Å². The van der Waals surface area contributed by atoms with E-state index in [1.54, 1.807) is 12.4 Å². The lowest BCUT2D eigenvalue weighted by Gasteiger charge is -2.30. The number of hydrogen-bond donors (Lipinski definition) is 2. The fourth-order valence-corrected chi connectivity index (χ4v) is 3.54. The van der Waals surface area contributed by atoms with Gasteiger partial charge in [-0.15, -0.1) is 0 Å². The summed E-state index contributed by atoms with van der Waals surface area (Å²) in [7, 11) is 0. The van der Waals surface area contributed by atoms with Crippen LogP contribution in [0.3, 0.4) is 0 Å². The second kappa shape index (κ2) is 7.77. The minimum Gasteiger partial charge on any atom is -0.455 e. The minimum absolute atomic E-state index is 0.119. The van der Waals surface area contributed by atoms with Gasteiger partial charge in [-0.05, 0) is 55.5 Å². The zero-order valence-electron chi connectivity index (χ0n) is 14.3. The highest BCUT2D eigenvalue weighted by atomic mass is 16.5. The van der Waals surface area contributed by atoms with Gasteiger partial charge in [0.1, 0.15) is 11.5 Å². The van der Waals surface area contributed by atoms with Gasteiger partial charge in [-0.1, -0.05) is 25.0 Å². The molecule has 24 heavy (non-hydrogen) atoms. The molecule has 1 heterocycles. The average Bonchev–Trinajstić information content (AvgIpc) is 3.05. The summed E-state index contributed by atoms with van der Waals surface area (Å²) in [5, 5.41) is 13.0. The molecule has 2 aromatic rings. The number of pyridine rings is 1. The van der Waals surface area contributed by atoms with E-state index in [4.69, 9.17) is 4.74 Å². The maximum absolute atomic E-state index is 9.35. The lowest BCUT2D eigenvalue weighted by molar-refractivity contribution is 0.209. The van der Waals surface area contributed by atoms with E-state index in [1.165, 1.54) is 18.4 Å². The number of aliphatic hydroxyl groups excluding tert-OH is 1. The lowest BCUT2D eigenvalue weighted by atomic mass is 9.93. The van der Waals surface area contributed by atoms with Crippen LogP contribution >= 0.6 is 0 Å². The molecule has 0 spiro atoms. The Balaban J connectivity index is 1.64. The first-order valence-corrected chi connectivity index (χ1v) is 8.74. The summed E-state index contributed by atoms with van der Waals surface area (Å²) >= 11 is 0. The van der Waals surface area contributed by atoms with Gasteiger partial charge in [-0.2, -0.15) is 0 Å². The number of aliphatic hydroxyl groups is 1. The van der Waals surface area contributed by atoms with Crippen LogP contribution < -0.4 is 10.1 Å². The monoisotopic (exact) mass is 326 g/mol. The van der Waals surface area contributed by atoms with Crippen LogP contribution in [0.2, 0.25) is 0 Å². The number of nitrogens with zero attached hydrogens (tertiary/aromatic N) is 1. The van der Waals surface area contributed by atoms with Crippen molar-refractivity contribution in [3.8, 4) is 11.5 Å². The number of ether oxygens (including phenoxy) is 1. The maximum Gasteiger partial charge on any atom is 0.145 e. The summed E-state index contributed by atoms with van der Waals surface area (Å²) in [4.78, 5) is 4.07. The van der Waals surface area contributed by atoms with Crippen LogP contribution in [0.25, 0.3) is 0 Å². The van der Waals surface area contributed by atoms with Crippen molar-refractivity contribution in [2.24, 2.45) is 0 Å². The SMILES string of the molecule is Cc1cc(CNC2(CCO)CCCC2)ccc1Oc1cccnc1. The zero-order chi connectivity index (χ0) is 16.8. The van der Waals surface area contributed by atoms with Crippen molar-refractivity contribution in [3.05, 3.63) is 53.9 Å². The number of aromatic nitrogens is 1. The Morgan fingerprint density at radius 3 is 2.75 bits per heavy atom. The Hall–Kier alpha value is -1.91. The molecule has 4 heteroatoms. The zero-order valence-corrected chi connectivity index (χ0v) is 14.3. The summed E-state index contributed by atoms with van der Waals surface area (Å²) in [6.07, 6.45) is 9.12. The van der Waals surface area contributed by atoms with Gasteiger partial charge in [0, 0.05) is 24.9 Å². The van der Waals surface area contributed by atoms with Gasteiger partial charge >= 0.3 is 0 Å². The van der Waals surface area contributed by atoms with Crippen LogP contribution in [0.5, 0.6) is 11.5 Å². The third-order valence-corrected chi connectivity index (χ3v) is 4.92. The van der Waals surface area contributed by atoms with Gasteiger partial charge in [0.2, 0.25) is 0 Å². The number of hydrogen-bond acceptors (Lipinski definition) is 4. The van der Waals surface area contributed by atoms with E-state index in [9.17, 15) is 5.11 Å². The van der Waals surface area contributed by atoms with Crippen molar-refractivity contribution in [1.29, 1.82) is 0 Å². The molecule has 1 fully saturated rings. The number of rotatable bonds is 7. The van der Waals surface area contributed by atoms with E-state index in [2.05, 4.69) is 29.4 Å². The summed E-state index contributed by atoms with van der Waals surface area (Å²) in [6, 6.07) is 10.1. The molecule has 4 nitrogen and oxygen atoms in total. The number of aryl methyl sites for hydroxylation is 1. The highest BCUT2D eigenvalue weighted by Gasteiger charge is 2.32. The lowest BCUT2D eigenvalue weighted by Crippen LogP contribution is -2.42. The Kier molecular flexibility index (Phi) is 5.48. The largest absolute Gasteiger partial charge is 0.455 e. The number of nitrogens with one attached hydrogen (secondary N) is 1. The van der Waals surface area contributed by atoms with Crippen LogP contribution in [0.4, 0.5) is 0 Å². The first-order valence-electron chi connectivity index (χ1n) is 8.74. The van der Waals surface area contributed by atoms with Crippen molar-refractivity contribution >= 4 is 0 Å². The fourth-order valence-electron chi connectivity index (χ4n) is 3.54. The van der Waals surface area contributed by atoms with Crippen molar-refractivity contribution in [1.82, 2.24) is 10.3 Å². The summed E-state index contributed by atoms with van der Waals surface area (Å²) < 4.78 is 5.88. The van der Waals surface area contributed by atoms with Crippen LogP contribution in [-0.4, -0.2) is 22.2 Å². The molecule has 128 valence electrons. The summed E-state index contributed by atoms with van der Waals surface area (Å²) in [6.45, 7) is 3.15. The molecule has 0 atom stereocenters. The van der Waals surface area contributed by atoms with E-state index in [0.717, 1.165) is 42.9 Å². The third kappa shape index (κ3) is 4.13. The molecule has 0 unspecified atom stereocenters. The van der Waals surface area contributed by atoms with Crippen molar-refractivity contribution in [2.45, 2.75) is 51.1 Å². The van der Waals surface area contributed by atoms with Crippen LogP contribution in [0.15, 0.2) is 42.7 Å². The molecule has 1 saturated carbocycles. The Bertz CT molecular complexity index is 652. The van der Waals surface area contributed by atoms with E-state index in [-0.39, 0.29) is 12.1 Å². The standard InChI is InChI=1S/C20H26N2O2/c1-16-13-17(14-22-20(10-12-23)8-2-3-9-20)6-7-19(16)24-18-5-4-11-21-15-18/h4-7,11,13,15,22-23H,2-3,8-10,12,14H2,1H3. The van der Waals surface area contributed by atoms with Crippen LogP contribution in [0.1, 0.15) is 43.2 Å². The van der Waals surface area contributed by atoms with Gasteiger partial charge in [-0.3, -0.25) is 4.98 Å². The van der Waals surface area contributed by atoms with Gasteiger partial charge in [0.05, 0.1) is 6.20 Å². The van der Waals surface area contributed by atoms with Gasteiger partial charge in [0.25, 0.3) is 0 Å². The molecule has 0 aliphatic heterocycles. The highest BCUT2D eigenvalue weighted by molar-refractivity contribution is 5.39. The Labute approximate surface area is 143 Å². The predicted octanol–water partition coefficient (Wildman–Crippen LogP) is 3.97. The minimum atomic E-state index is 0.119. The molecule has 1 aromatic carbocycles. The van der Waals surface area contributed by atoms with Crippen molar-refractivity contribution in [3.63, 3.8) is 0 Å². The smallest absolute Gasteiger partial charge is 0.145 e. The van der Waals surface area contributed by atoms with Crippen molar-refractivity contribution in [2.75, 3.05) is 6.61 Å². The second-order valence-corrected chi connectivity index (χ2v) is 6.71. The quantitative estimate of drug-likeness (QED) is 0.808. The molecule has 0 saturated heterocycles. The van der Waals surface area contributed by atoms with E-state index >= 15 is 0 Å². The molecular weight excluding hydrogens is 300 g/mol. The fraction of sp³-hybridized carbons (Fsp3) is 0.450. The molecule has 3 rings (SSSR count). The first kappa shape index (κ1) is 16.9. The Morgan fingerprint density at radius 2 is 2.08 bits per heavy atom. The topological polar surface area (TPSA) is 54.4 Å². The number of benzene rings is 1. The Morgan fingerprint density at radius 1 is 1.25 bits per heavy atom.